The number of amides is 1. The summed E-state index contributed by atoms with van der Waals surface area (Å²) < 4.78 is 1.96. The smallest absolute Gasteiger partial charge is 0.229 e. The maximum absolute atomic E-state index is 13.2. The highest BCUT2D eigenvalue weighted by atomic mass is 16.1. The lowest BCUT2D eigenvalue weighted by Gasteiger charge is -2.32. The molecule has 1 fully saturated rings. The van der Waals surface area contributed by atoms with E-state index in [1.165, 1.54) is 0 Å². The van der Waals surface area contributed by atoms with Gasteiger partial charge in [-0.15, -0.1) is 5.10 Å². The van der Waals surface area contributed by atoms with Crippen LogP contribution < -0.4 is 10.2 Å². The number of benzene rings is 2. The van der Waals surface area contributed by atoms with Gasteiger partial charge in [-0.3, -0.25) is 4.79 Å². The van der Waals surface area contributed by atoms with Gasteiger partial charge in [0.25, 0.3) is 0 Å². The van der Waals surface area contributed by atoms with E-state index in [-0.39, 0.29) is 11.8 Å². The lowest BCUT2D eigenvalue weighted by molar-refractivity contribution is -0.120. The largest absolute Gasteiger partial charge is 0.352 e. The number of para-hydroxylation sites is 1. The first kappa shape index (κ1) is 22.1. The van der Waals surface area contributed by atoms with Crippen LogP contribution in [0.3, 0.4) is 0 Å². The molecule has 1 unspecified atom stereocenters. The van der Waals surface area contributed by atoms with E-state index in [0.717, 1.165) is 70.0 Å². The molecule has 34 heavy (non-hydrogen) atoms. The van der Waals surface area contributed by atoms with Crippen LogP contribution in [0.4, 0.5) is 11.5 Å². The molecular formula is C27H30N6O. The summed E-state index contributed by atoms with van der Waals surface area (Å²) in [6.45, 7) is 9.52. The van der Waals surface area contributed by atoms with Gasteiger partial charge in [-0.1, -0.05) is 30.3 Å². The first-order valence-corrected chi connectivity index (χ1v) is 11.8. The molecular weight excluding hydrogens is 424 g/mol. The Morgan fingerprint density at radius 3 is 2.62 bits per heavy atom. The van der Waals surface area contributed by atoms with E-state index in [0.29, 0.717) is 6.54 Å². The first-order valence-electron chi connectivity index (χ1n) is 11.8. The Labute approximate surface area is 199 Å². The monoisotopic (exact) mass is 454 g/mol. The fourth-order valence-electron chi connectivity index (χ4n) is 4.83. The molecule has 1 saturated heterocycles. The van der Waals surface area contributed by atoms with Crippen molar-refractivity contribution in [1.82, 2.24) is 20.0 Å². The molecule has 0 spiro atoms. The lowest BCUT2D eigenvalue weighted by Crippen LogP contribution is -2.41. The Bertz CT molecular complexity index is 1360. The normalized spacial score (nSPS) is 16.1. The van der Waals surface area contributed by atoms with E-state index in [1.807, 2.05) is 67.9 Å². The van der Waals surface area contributed by atoms with Crippen LogP contribution in [0.25, 0.3) is 16.6 Å². The highest BCUT2D eigenvalue weighted by Gasteiger charge is 2.29. The minimum Gasteiger partial charge on any atom is -0.352 e. The molecule has 4 aromatic rings. The van der Waals surface area contributed by atoms with Crippen molar-refractivity contribution in [3.8, 4) is 5.69 Å². The summed E-state index contributed by atoms with van der Waals surface area (Å²) in [4.78, 5) is 15.3. The summed E-state index contributed by atoms with van der Waals surface area (Å²) in [6, 6.07) is 16.2. The molecule has 7 nitrogen and oxygen atoms in total. The molecule has 0 bridgehead atoms. The Kier molecular flexibility index (Phi) is 5.77. The van der Waals surface area contributed by atoms with Crippen LogP contribution in [0.5, 0.6) is 0 Å². The molecule has 5 rings (SSSR count). The SMILES string of the molecule is Cc1ccc(C)c(NC(=O)C2CCCN(c3nnc(C)c4c(C)n(-c5ccccc5)nc34)C2)c1. The van der Waals surface area contributed by atoms with Gasteiger partial charge in [0.15, 0.2) is 5.82 Å². The minimum absolute atomic E-state index is 0.0562. The van der Waals surface area contributed by atoms with Gasteiger partial charge in [0.1, 0.15) is 5.52 Å². The van der Waals surface area contributed by atoms with Crippen molar-refractivity contribution >= 4 is 28.3 Å². The van der Waals surface area contributed by atoms with E-state index in [2.05, 4.69) is 33.4 Å². The lowest BCUT2D eigenvalue weighted by atomic mass is 9.96. The van der Waals surface area contributed by atoms with Gasteiger partial charge in [-0.2, -0.15) is 10.2 Å². The number of nitrogens with one attached hydrogen (secondary N) is 1. The van der Waals surface area contributed by atoms with Crippen molar-refractivity contribution in [3.05, 3.63) is 71.0 Å². The van der Waals surface area contributed by atoms with E-state index in [4.69, 9.17) is 5.10 Å². The second kappa shape index (κ2) is 8.89. The van der Waals surface area contributed by atoms with Crippen LogP contribution in [-0.4, -0.2) is 39.0 Å². The van der Waals surface area contributed by atoms with Crippen LogP contribution in [0.1, 0.15) is 35.4 Å². The number of hydrogen-bond acceptors (Lipinski definition) is 5. The molecule has 1 atom stereocenters. The van der Waals surface area contributed by atoms with Crippen molar-refractivity contribution in [1.29, 1.82) is 0 Å². The Morgan fingerprint density at radius 1 is 1.03 bits per heavy atom. The molecule has 3 heterocycles. The molecule has 1 aliphatic heterocycles. The maximum Gasteiger partial charge on any atom is 0.229 e. The van der Waals surface area contributed by atoms with Gasteiger partial charge in [-0.05, 0) is 69.9 Å². The Morgan fingerprint density at radius 2 is 1.82 bits per heavy atom. The van der Waals surface area contributed by atoms with E-state index in [9.17, 15) is 4.79 Å². The standard InChI is InChI=1S/C27H30N6O/c1-17-12-13-18(2)23(15-17)28-27(34)21-9-8-14-32(16-21)26-25-24(19(3)29-30-26)20(4)33(31-25)22-10-6-5-7-11-22/h5-7,10-13,15,21H,8-9,14,16H2,1-4H3,(H,28,34). The highest BCUT2D eigenvalue weighted by Crippen LogP contribution is 2.32. The summed E-state index contributed by atoms with van der Waals surface area (Å²) in [6.07, 6.45) is 1.77. The van der Waals surface area contributed by atoms with Crippen LogP contribution in [0.15, 0.2) is 48.5 Å². The quantitative estimate of drug-likeness (QED) is 0.474. The fraction of sp³-hybridized carbons (Fsp3) is 0.333. The second-order valence-corrected chi connectivity index (χ2v) is 9.26. The van der Waals surface area contributed by atoms with Crippen LogP contribution in [-0.2, 0) is 4.79 Å². The topological polar surface area (TPSA) is 75.9 Å². The third-order valence-corrected chi connectivity index (χ3v) is 6.73. The number of piperidine rings is 1. The molecule has 0 saturated carbocycles. The number of fused-ring (bicyclic) bond motifs is 1. The molecule has 0 radical (unpaired) electrons. The number of carbonyl (C=O) groups is 1. The maximum atomic E-state index is 13.2. The van der Waals surface area contributed by atoms with Gasteiger partial charge in [0.05, 0.1) is 28.4 Å². The zero-order chi connectivity index (χ0) is 23.8. The average molecular weight is 455 g/mol. The minimum atomic E-state index is -0.121. The Hall–Kier alpha value is -3.74. The predicted octanol–water partition coefficient (Wildman–Crippen LogP) is 4.90. The van der Waals surface area contributed by atoms with Crippen molar-refractivity contribution in [3.63, 3.8) is 0 Å². The van der Waals surface area contributed by atoms with Gasteiger partial charge in [0.2, 0.25) is 5.91 Å². The first-order chi connectivity index (χ1) is 16.4. The summed E-state index contributed by atoms with van der Waals surface area (Å²) >= 11 is 0. The number of rotatable bonds is 4. The van der Waals surface area contributed by atoms with Gasteiger partial charge < -0.3 is 10.2 Å². The molecule has 2 aromatic heterocycles. The van der Waals surface area contributed by atoms with Crippen LogP contribution in [0.2, 0.25) is 0 Å². The van der Waals surface area contributed by atoms with Crippen molar-refractivity contribution in [2.75, 3.05) is 23.3 Å². The zero-order valence-corrected chi connectivity index (χ0v) is 20.2. The van der Waals surface area contributed by atoms with Crippen LogP contribution >= 0.6 is 0 Å². The van der Waals surface area contributed by atoms with Gasteiger partial charge in [0, 0.05) is 18.8 Å². The molecule has 0 aliphatic carbocycles. The molecule has 7 heteroatoms. The Balaban J connectivity index is 1.45. The van der Waals surface area contributed by atoms with E-state index < -0.39 is 0 Å². The average Bonchev–Trinajstić information content (AvgIpc) is 3.20. The van der Waals surface area contributed by atoms with E-state index in [1.54, 1.807) is 0 Å². The number of hydrogen-bond donors (Lipinski definition) is 1. The number of carbonyl (C=O) groups excluding carboxylic acids is 1. The zero-order valence-electron chi connectivity index (χ0n) is 20.2. The summed E-state index contributed by atoms with van der Waals surface area (Å²) in [7, 11) is 0. The second-order valence-electron chi connectivity index (χ2n) is 9.26. The molecule has 1 N–H and O–H groups in total. The number of nitrogens with zero attached hydrogens (tertiary/aromatic N) is 5. The highest BCUT2D eigenvalue weighted by molar-refractivity contribution is 5.95. The molecule has 1 aliphatic rings. The van der Waals surface area contributed by atoms with Crippen LogP contribution in [0, 0.1) is 33.6 Å². The number of aromatic nitrogens is 4. The summed E-state index contributed by atoms with van der Waals surface area (Å²) in [5, 5.41) is 18.1. The van der Waals surface area contributed by atoms with Crippen molar-refractivity contribution in [2.24, 2.45) is 5.92 Å². The summed E-state index contributed by atoms with van der Waals surface area (Å²) in [5.41, 5.74) is 6.83. The predicted molar refractivity (Wildman–Crippen MR) is 136 cm³/mol. The number of aryl methyl sites for hydroxylation is 4. The molecule has 1 amide bonds. The van der Waals surface area contributed by atoms with Crippen molar-refractivity contribution < 1.29 is 4.79 Å². The fourth-order valence-corrected chi connectivity index (χ4v) is 4.83. The third kappa shape index (κ3) is 4.02. The third-order valence-electron chi connectivity index (χ3n) is 6.73. The number of anilines is 2. The van der Waals surface area contributed by atoms with Gasteiger partial charge >= 0.3 is 0 Å². The van der Waals surface area contributed by atoms with Gasteiger partial charge in [-0.25, -0.2) is 4.68 Å². The molecule has 2 aromatic carbocycles. The van der Waals surface area contributed by atoms with E-state index >= 15 is 0 Å². The van der Waals surface area contributed by atoms with Crippen molar-refractivity contribution in [2.45, 2.75) is 40.5 Å². The molecule has 174 valence electrons. The summed E-state index contributed by atoms with van der Waals surface area (Å²) in [5.74, 6) is 0.687.